The van der Waals surface area contributed by atoms with Gasteiger partial charge in [0, 0.05) is 37.4 Å². The molecule has 3 aromatic rings. The van der Waals surface area contributed by atoms with E-state index in [1.165, 1.54) is 0 Å². The molecule has 31 heavy (non-hydrogen) atoms. The lowest BCUT2D eigenvalue weighted by molar-refractivity contribution is 0.102. The van der Waals surface area contributed by atoms with Gasteiger partial charge in [0.15, 0.2) is 0 Å². The topological polar surface area (TPSA) is 44.8 Å². The van der Waals surface area contributed by atoms with Crippen molar-refractivity contribution in [1.29, 1.82) is 0 Å². The van der Waals surface area contributed by atoms with Gasteiger partial charge in [0.2, 0.25) is 0 Å². The number of methoxy groups -OCH3 is 1. The molecule has 0 unspecified atom stereocenters. The van der Waals surface area contributed by atoms with E-state index in [-0.39, 0.29) is 5.91 Å². The van der Waals surface area contributed by atoms with Crippen LogP contribution in [0.25, 0.3) is 11.1 Å². The molecule has 0 saturated carbocycles. The van der Waals surface area contributed by atoms with Crippen molar-refractivity contribution in [2.24, 2.45) is 0 Å². The molecule has 0 aromatic heterocycles. The van der Waals surface area contributed by atoms with Crippen molar-refractivity contribution in [1.82, 2.24) is 4.90 Å². The lowest BCUT2D eigenvalue weighted by Gasteiger charge is -2.35. The van der Waals surface area contributed by atoms with Gasteiger partial charge in [0.25, 0.3) is 5.91 Å². The highest BCUT2D eigenvalue weighted by Gasteiger charge is 2.19. The Labute approximate surface area is 184 Å². The van der Waals surface area contributed by atoms with Crippen LogP contribution in [0.2, 0.25) is 0 Å². The highest BCUT2D eigenvalue weighted by atomic mass is 16.5. The standard InChI is InChI=1S/C26H29N3O2/c1-19-17-21(9-11-23(19)20-7-5-4-6-8-20)26(30)27-22-10-12-25(31-3)24(18-22)29-15-13-28(2)14-16-29/h4-12,17-18H,13-16H2,1-3H3,(H,27,30). The van der Waals surface area contributed by atoms with E-state index in [4.69, 9.17) is 4.74 Å². The Hall–Kier alpha value is -3.31. The molecular weight excluding hydrogens is 386 g/mol. The summed E-state index contributed by atoms with van der Waals surface area (Å²) < 4.78 is 5.57. The molecule has 1 saturated heterocycles. The first-order valence-corrected chi connectivity index (χ1v) is 10.6. The summed E-state index contributed by atoms with van der Waals surface area (Å²) in [6.07, 6.45) is 0. The van der Waals surface area contributed by atoms with E-state index in [0.29, 0.717) is 5.56 Å². The minimum absolute atomic E-state index is 0.114. The van der Waals surface area contributed by atoms with E-state index < -0.39 is 0 Å². The van der Waals surface area contributed by atoms with Gasteiger partial charge in [-0.1, -0.05) is 36.4 Å². The van der Waals surface area contributed by atoms with Crippen molar-refractivity contribution >= 4 is 17.3 Å². The molecule has 4 rings (SSSR count). The number of hydrogen-bond donors (Lipinski definition) is 1. The van der Waals surface area contributed by atoms with Gasteiger partial charge in [0.05, 0.1) is 12.8 Å². The number of rotatable bonds is 5. The molecule has 5 heteroatoms. The first-order valence-electron chi connectivity index (χ1n) is 10.6. The molecule has 1 N–H and O–H groups in total. The van der Waals surface area contributed by atoms with Crippen LogP contribution in [-0.4, -0.2) is 51.1 Å². The van der Waals surface area contributed by atoms with Crippen LogP contribution in [0.15, 0.2) is 66.7 Å². The minimum Gasteiger partial charge on any atom is -0.495 e. The van der Waals surface area contributed by atoms with Crippen LogP contribution in [0.3, 0.4) is 0 Å². The second kappa shape index (κ2) is 9.23. The van der Waals surface area contributed by atoms with Crippen LogP contribution in [-0.2, 0) is 0 Å². The number of carbonyl (C=O) groups is 1. The van der Waals surface area contributed by atoms with E-state index in [2.05, 4.69) is 34.3 Å². The number of hydrogen-bond acceptors (Lipinski definition) is 4. The summed E-state index contributed by atoms with van der Waals surface area (Å²) in [7, 11) is 3.82. The summed E-state index contributed by atoms with van der Waals surface area (Å²) in [4.78, 5) is 17.6. The Bertz CT molecular complexity index is 1060. The molecule has 3 aromatic carbocycles. The number of nitrogens with one attached hydrogen (secondary N) is 1. The predicted molar refractivity (Wildman–Crippen MR) is 127 cm³/mol. The summed E-state index contributed by atoms with van der Waals surface area (Å²) in [5.74, 6) is 0.711. The van der Waals surface area contributed by atoms with Gasteiger partial charge >= 0.3 is 0 Å². The molecule has 1 aliphatic rings. The van der Waals surface area contributed by atoms with Crippen molar-refractivity contribution in [3.8, 4) is 16.9 Å². The Kier molecular flexibility index (Phi) is 6.23. The fourth-order valence-electron chi connectivity index (χ4n) is 4.01. The second-order valence-electron chi connectivity index (χ2n) is 8.03. The van der Waals surface area contributed by atoms with Crippen molar-refractivity contribution in [3.63, 3.8) is 0 Å². The van der Waals surface area contributed by atoms with Crippen LogP contribution < -0.4 is 15.0 Å². The van der Waals surface area contributed by atoms with Gasteiger partial charge in [-0.2, -0.15) is 0 Å². The number of nitrogens with zero attached hydrogens (tertiary/aromatic N) is 2. The first-order chi connectivity index (χ1) is 15.0. The fourth-order valence-corrected chi connectivity index (χ4v) is 4.01. The lowest BCUT2D eigenvalue weighted by Crippen LogP contribution is -2.44. The number of likely N-dealkylation sites (N-methyl/N-ethyl adjacent to an activating group) is 1. The molecule has 1 fully saturated rings. The van der Waals surface area contributed by atoms with Gasteiger partial charge in [-0.15, -0.1) is 0 Å². The van der Waals surface area contributed by atoms with Crippen LogP contribution in [0.4, 0.5) is 11.4 Å². The maximum absolute atomic E-state index is 12.9. The minimum atomic E-state index is -0.114. The Morgan fingerprint density at radius 3 is 2.35 bits per heavy atom. The van der Waals surface area contributed by atoms with Crippen LogP contribution in [0.5, 0.6) is 5.75 Å². The molecule has 0 bridgehead atoms. The molecule has 5 nitrogen and oxygen atoms in total. The zero-order chi connectivity index (χ0) is 21.8. The van der Waals surface area contributed by atoms with Crippen LogP contribution in [0, 0.1) is 6.92 Å². The summed E-state index contributed by atoms with van der Waals surface area (Å²) in [5, 5.41) is 3.05. The molecule has 1 heterocycles. The van der Waals surface area contributed by atoms with Crippen molar-refractivity contribution in [2.45, 2.75) is 6.92 Å². The van der Waals surface area contributed by atoms with Crippen molar-refractivity contribution in [2.75, 3.05) is 50.6 Å². The lowest BCUT2D eigenvalue weighted by atomic mass is 9.98. The average molecular weight is 416 g/mol. The third-order valence-corrected chi connectivity index (χ3v) is 5.85. The van der Waals surface area contributed by atoms with Crippen molar-refractivity contribution in [3.05, 3.63) is 77.9 Å². The molecule has 0 spiro atoms. The van der Waals surface area contributed by atoms with Gasteiger partial charge in [-0.3, -0.25) is 4.79 Å². The van der Waals surface area contributed by atoms with Gasteiger partial charge in [-0.25, -0.2) is 0 Å². The number of amides is 1. The van der Waals surface area contributed by atoms with E-state index in [0.717, 1.165) is 60.0 Å². The summed E-state index contributed by atoms with van der Waals surface area (Å²) in [6, 6.07) is 21.9. The largest absolute Gasteiger partial charge is 0.495 e. The number of piperazine rings is 1. The van der Waals surface area contributed by atoms with E-state index in [9.17, 15) is 4.79 Å². The molecule has 1 amide bonds. The van der Waals surface area contributed by atoms with Gasteiger partial charge in [-0.05, 0) is 61.0 Å². The Balaban J connectivity index is 1.53. The van der Waals surface area contributed by atoms with E-state index in [1.54, 1.807) is 7.11 Å². The average Bonchev–Trinajstić information content (AvgIpc) is 2.80. The van der Waals surface area contributed by atoms with Crippen molar-refractivity contribution < 1.29 is 9.53 Å². The quantitative estimate of drug-likeness (QED) is 0.658. The third-order valence-electron chi connectivity index (χ3n) is 5.85. The monoisotopic (exact) mass is 415 g/mol. The Morgan fingerprint density at radius 1 is 0.935 bits per heavy atom. The molecule has 0 atom stereocenters. The Morgan fingerprint density at radius 2 is 1.68 bits per heavy atom. The summed E-state index contributed by atoms with van der Waals surface area (Å²) in [6.45, 7) is 5.92. The number of benzene rings is 3. The molecule has 160 valence electrons. The second-order valence-corrected chi connectivity index (χ2v) is 8.03. The molecule has 0 aliphatic carbocycles. The highest BCUT2D eigenvalue weighted by molar-refractivity contribution is 6.05. The van der Waals surface area contributed by atoms with Gasteiger partial charge < -0.3 is 19.9 Å². The summed E-state index contributed by atoms with van der Waals surface area (Å²) in [5.41, 5.74) is 5.80. The van der Waals surface area contributed by atoms with E-state index >= 15 is 0 Å². The highest BCUT2D eigenvalue weighted by Crippen LogP contribution is 2.32. The van der Waals surface area contributed by atoms with Crippen LogP contribution in [0.1, 0.15) is 15.9 Å². The smallest absolute Gasteiger partial charge is 0.255 e. The van der Waals surface area contributed by atoms with Crippen LogP contribution >= 0.6 is 0 Å². The number of carbonyl (C=O) groups excluding carboxylic acids is 1. The zero-order valence-electron chi connectivity index (χ0n) is 18.4. The molecular formula is C26H29N3O2. The summed E-state index contributed by atoms with van der Waals surface area (Å²) >= 11 is 0. The van der Waals surface area contributed by atoms with Gasteiger partial charge in [0.1, 0.15) is 5.75 Å². The van der Waals surface area contributed by atoms with E-state index in [1.807, 2.05) is 61.5 Å². The molecule has 1 aliphatic heterocycles. The molecule has 0 radical (unpaired) electrons. The number of ether oxygens (including phenoxy) is 1. The zero-order valence-corrected chi connectivity index (χ0v) is 18.4. The number of aryl methyl sites for hydroxylation is 1. The maximum atomic E-state index is 12.9. The SMILES string of the molecule is COc1ccc(NC(=O)c2ccc(-c3ccccc3)c(C)c2)cc1N1CCN(C)CC1. The predicted octanol–water partition coefficient (Wildman–Crippen LogP) is 4.67. The maximum Gasteiger partial charge on any atom is 0.255 e. The normalized spacial score (nSPS) is 14.4. The number of anilines is 2. The first kappa shape index (κ1) is 20.9. The fraction of sp³-hybridized carbons (Fsp3) is 0.269. The third kappa shape index (κ3) is 4.72.